The van der Waals surface area contributed by atoms with Gasteiger partial charge in [0, 0.05) is 0 Å². The molecular formula is C21H22N4O2. The van der Waals surface area contributed by atoms with Crippen LogP contribution in [0.2, 0.25) is 0 Å². The largest absolute Gasteiger partial charge is 0.465 e. The van der Waals surface area contributed by atoms with E-state index in [-0.39, 0.29) is 12.0 Å². The molecular weight excluding hydrogens is 340 g/mol. The number of ether oxygens (including phenoxy) is 1. The zero-order valence-corrected chi connectivity index (χ0v) is 15.9. The predicted octanol–water partition coefficient (Wildman–Crippen LogP) is 3.33. The first-order chi connectivity index (χ1) is 12.8. The minimum absolute atomic E-state index is 0.224. The Morgan fingerprint density at radius 2 is 2.00 bits per heavy atom. The van der Waals surface area contributed by atoms with Gasteiger partial charge in [-0.25, -0.2) is 0 Å². The van der Waals surface area contributed by atoms with E-state index in [0.29, 0.717) is 5.57 Å². The van der Waals surface area contributed by atoms with Crippen molar-refractivity contribution in [3.8, 4) is 12.1 Å². The van der Waals surface area contributed by atoms with Crippen LogP contribution in [0.3, 0.4) is 0 Å². The summed E-state index contributed by atoms with van der Waals surface area (Å²) in [6.07, 6.45) is 3.48. The second-order valence-electron chi connectivity index (χ2n) is 7.79. The molecule has 1 aromatic rings. The average molecular weight is 362 g/mol. The van der Waals surface area contributed by atoms with Crippen LogP contribution in [0.5, 0.6) is 0 Å². The predicted molar refractivity (Wildman–Crippen MR) is 100 cm³/mol. The molecule has 1 aromatic carbocycles. The van der Waals surface area contributed by atoms with Gasteiger partial charge in [-0.1, -0.05) is 51.1 Å². The first kappa shape index (κ1) is 18.7. The van der Waals surface area contributed by atoms with E-state index in [4.69, 9.17) is 4.74 Å². The maximum atomic E-state index is 13.0. The van der Waals surface area contributed by atoms with Gasteiger partial charge in [-0.3, -0.25) is 9.80 Å². The molecule has 6 heteroatoms. The number of nitrogens with zero attached hydrogens (tertiary/aromatic N) is 4. The van der Waals surface area contributed by atoms with E-state index in [1.807, 2.05) is 51.1 Å². The number of allylic oxidation sites excluding steroid dienone is 1. The molecule has 2 atom stereocenters. The number of benzene rings is 1. The van der Waals surface area contributed by atoms with Crippen LogP contribution in [0.4, 0.5) is 0 Å². The van der Waals surface area contributed by atoms with Crippen molar-refractivity contribution in [1.82, 2.24) is 5.01 Å². The van der Waals surface area contributed by atoms with Crippen LogP contribution in [0.25, 0.3) is 0 Å². The van der Waals surface area contributed by atoms with Gasteiger partial charge in [-0.15, -0.1) is 0 Å². The van der Waals surface area contributed by atoms with Crippen molar-refractivity contribution < 1.29 is 9.53 Å². The van der Waals surface area contributed by atoms with E-state index >= 15 is 0 Å². The minimum atomic E-state index is -1.65. The molecule has 138 valence electrons. The van der Waals surface area contributed by atoms with Crippen LogP contribution >= 0.6 is 0 Å². The van der Waals surface area contributed by atoms with Gasteiger partial charge in [0.05, 0.1) is 18.9 Å². The Morgan fingerprint density at radius 1 is 1.33 bits per heavy atom. The Labute approximate surface area is 159 Å². The summed E-state index contributed by atoms with van der Waals surface area (Å²) in [6, 6.07) is 11.3. The minimum Gasteiger partial charge on any atom is -0.465 e. The van der Waals surface area contributed by atoms with Gasteiger partial charge in [0.1, 0.15) is 18.1 Å². The van der Waals surface area contributed by atoms with E-state index in [1.165, 1.54) is 5.01 Å². The lowest BCUT2D eigenvalue weighted by Gasteiger charge is -2.32. The maximum Gasteiger partial charge on any atom is 0.315 e. The molecule has 2 aliphatic rings. The van der Waals surface area contributed by atoms with Gasteiger partial charge in [0.15, 0.2) is 0 Å². The van der Waals surface area contributed by atoms with Crippen molar-refractivity contribution in [2.75, 3.05) is 6.61 Å². The molecule has 0 aliphatic carbocycles. The third-order valence-corrected chi connectivity index (χ3v) is 4.76. The van der Waals surface area contributed by atoms with Gasteiger partial charge in [-0.2, -0.15) is 15.6 Å². The summed E-state index contributed by atoms with van der Waals surface area (Å²) in [7, 11) is 0. The second-order valence-corrected chi connectivity index (χ2v) is 7.79. The smallest absolute Gasteiger partial charge is 0.315 e. The van der Waals surface area contributed by atoms with E-state index in [2.05, 4.69) is 17.2 Å². The Bertz CT molecular complexity index is 897. The number of nitriles is 2. The quantitative estimate of drug-likeness (QED) is 0.595. The SMILES string of the molecule is CCOC(=O)[C@H]1/C(=C\C(C)(C)C)C(C#N)(C#N)N2N=Cc3ccccc3[C@@H]12. The van der Waals surface area contributed by atoms with E-state index < -0.39 is 23.5 Å². The highest BCUT2D eigenvalue weighted by Crippen LogP contribution is 2.53. The first-order valence-electron chi connectivity index (χ1n) is 8.93. The van der Waals surface area contributed by atoms with Crippen molar-refractivity contribution in [2.45, 2.75) is 39.3 Å². The molecule has 0 N–H and O–H groups in total. The lowest BCUT2D eigenvalue weighted by Crippen LogP contribution is -2.41. The van der Waals surface area contributed by atoms with Crippen LogP contribution in [-0.4, -0.2) is 29.3 Å². The van der Waals surface area contributed by atoms with Gasteiger partial charge >= 0.3 is 5.97 Å². The topological polar surface area (TPSA) is 89.5 Å². The van der Waals surface area contributed by atoms with Gasteiger partial charge in [0.2, 0.25) is 0 Å². The molecule has 0 bridgehead atoms. The van der Waals surface area contributed by atoms with Crippen LogP contribution in [0, 0.1) is 34.0 Å². The standard InChI is InChI=1S/C21H22N4O2/c1-5-27-19(26)17-16(10-20(2,3)4)21(12-22,13-23)25-18(17)15-9-7-6-8-14(15)11-24-25/h6-11,17-18H,5H2,1-4H3/b16-10+/t17-,18-/m0/s1. The third-order valence-electron chi connectivity index (χ3n) is 4.76. The van der Waals surface area contributed by atoms with E-state index in [1.54, 1.807) is 13.1 Å². The molecule has 0 radical (unpaired) electrons. The number of fused-ring (bicyclic) bond motifs is 3. The molecule has 0 aromatic heterocycles. The van der Waals surface area contributed by atoms with Gasteiger partial charge in [0.25, 0.3) is 5.54 Å². The zero-order chi connectivity index (χ0) is 19.8. The summed E-state index contributed by atoms with van der Waals surface area (Å²) in [4.78, 5) is 13.0. The van der Waals surface area contributed by atoms with Crippen molar-refractivity contribution >= 4 is 12.2 Å². The molecule has 0 saturated carbocycles. The highest BCUT2D eigenvalue weighted by Gasteiger charge is 2.61. The maximum absolute atomic E-state index is 13.0. The van der Waals surface area contributed by atoms with Crippen molar-refractivity contribution in [2.24, 2.45) is 16.4 Å². The number of carbonyl (C=O) groups is 1. The number of carbonyl (C=O) groups excluding carboxylic acids is 1. The number of rotatable bonds is 2. The molecule has 1 fully saturated rings. The first-order valence-corrected chi connectivity index (χ1v) is 8.93. The summed E-state index contributed by atoms with van der Waals surface area (Å²) < 4.78 is 5.34. The Kier molecular flexibility index (Phi) is 4.53. The molecule has 0 unspecified atom stereocenters. The molecule has 3 rings (SSSR count). The van der Waals surface area contributed by atoms with Gasteiger partial charge in [-0.05, 0) is 29.0 Å². The Hall–Kier alpha value is -3.12. The number of hydrogen-bond acceptors (Lipinski definition) is 6. The van der Waals surface area contributed by atoms with E-state index in [0.717, 1.165) is 11.1 Å². The fourth-order valence-electron chi connectivity index (χ4n) is 3.77. The summed E-state index contributed by atoms with van der Waals surface area (Å²) in [5.74, 6) is -1.22. The molecule has 6 nitrogen and oxygen atoms in total. The van der Waals surface area contributed by atoms with Crippen LogP contribution in [0.15, 0.2) is 41.0 Å². The second kappa shape index (κ2) is 6.55. The summed E-state index contributed by atoms with van der Waals surface area (Å²) >= 11 is 0. The lowest BCUT2D eigenvalue weighted by molar-refractivity contribution is -0.147. The molecule has 27 heavy (non-hydrogen) atoms. The van der Waals surface area contributed by atoms with Crippen LogP contribution in [-0.2, 0) is 9.53 Å². The summed E-state index contributed by atoms with van der Waals surface area (Å²) in [5.41, 5.74) is 0.181. The molecule has 0 spiro atoms. The van der Waals surface area contributed by atoms with Crippen molar-refractivity contribution in [3.05, 3.63) is 47.0 Å². The number of esters is 1. The monoisotopic (exact) mass is 362 g/mol. The average Bonchev–Trinajstić information content (AvgIpc) is 2.90. The van der Waals surface area contributed by atoms with E-state index in [9.17, 15) is 15.3 Å². The molecule has 0 amide bonds. The van der Waals surface area contributed by atoms with Gasteiger partial charge < -0.3 is 4.74 Å². The molecule has 1 saturated heterocycles. The normalized spacial score (nSPS) is 23.9. The fourth-order valence-corrected chi connectivity index (χ4v) is 3.77. The zero-order valence-electron chi connectivity index (χ0n) is 15.9. The highest BCUT2D eigenvalue weighted by atomic mass is 16.5. The van der Waals surface area contributed by atoms with Crippen molar-refractivity contribution in [3.63, 3.8) is 0 Å². The van der Waals surface area contributed by atoms with Crippen LogP contribution < -0.4 is 0 Å². The van der Waals surface area contributed by atoms with Crippen molar-refractivity contribution in [1.29, 1.82) is 10.5 Å². The number of hydrogen-bond donors (Lipinski definition) is 0. The highest BCUT2D eigenvalue weighted by molar-refractivity contribution is 5.87. The lowest BCUT2D eigenvalue weighted by atomic mass is 9.79. The molecule has 2 heterocycles. The number of hydrazone groups is 1. The molecule has 2 aliphatic heterocycles. The van der Waals surface area contributed by atoms with Crippen LogP contribution in [0.1, 0.15) is 44.9 Å². The summed E-state index contributed by atoms with van der Waals surface area (Å²) in [6.45, 7) is 7.87. The Morgan fingerprint density at radius 3 is 2.59 bits per heavy atom. The third kappa shape index (κ3) is 2.88. The Balaban J connectivity index is 2.31. The fraction of sp³-hybridized carbons (Fsp3) is 0.429. The summed E-state index contributed by atoms with van der Waals surface area (Å²) in [5, 5.41) is 25.9.